The molecule has 0 bridgehead atoms. The number of H-pyrrole nitrogens is 2. The first-order chi connectivity index (χ1) is 63.7. The molecule has 0 atom stereocenters. The number of anilines is 9. The predicted octanol–water partition coefficient (Wildman–Crippen LogP) is 23.0. The monoisotopic (exact) mass is 1810 g/mol. The number of Topliss-reactive ketones (excluding diaryl/α,β-unsaturated/α-hetero) is 5. The van der Waals surface area contributed by atoms with Crippen molar-refractivity contribution in [2.75, 3.05) is 49.5 Å². The molecular weight excluding hydrogens is 1700 g/mol. The largest absolute Gasteiger partial charge is 0.508 e. The summed E-state index contributed by atoms with van der Waals surface area (Å²) in [6.07, 6.45) is 4.99. The summed E-state index contributed by atoms with van der Waals surface area (Å²) in [6.45, 7) is 28.0. The van der Waals surface area contributed by atoms with Crippen molar-refractivity contribution in [1.82, 2.24) is 25.0 Å². The minimum absolute atomic E-state index is 0.0406. The topological polar surface area (TPSA) is 444 Å². The molecule has 0 radical (unpaired) electrons. The molecule has 15 rings (SSSR count). The summed E-state index contributed by atoms with van der Waals surface area (Å²) in [5.74, 6) is 0.312. The zero-order chi connectivity index (χ0) is 98.0. The van der Waals surface area contributed by atoms with Gasteiger partial charge in [0.25, 0.3) is 29.5 Å². The van der Waals surface area contributed by atoms with Crippen LogP contribution in [0.3, 0.4) is 0 Å². The van der Waals surface area contributed by atoms with Gasteiger partial charge in [-0.2, -0.15) is 0 Å². The Bertz CT molecular complexity index is 5760. The summed E-state index contributed by atoms with van der Waals surface area (Å²) in [4.78, 5) is 129. The van der Waals surface area contributed by atoms with Crippen LogP contribution in [0.25, 0.3) is 50.5 Å². The van der Waals surface area contributed by atoms with Crippen LogP contribution in [0, 0.1) is 27.1 Å². The molecule has 27 nitrogen and oxygen atoms in total. The van der Waals surface area contributed by atoms with Crippen LogP contribution in [-0.4, -0.2) is 88.5 Å². The molecule has 0 saturated heterocycles. The SMILES string of the molecule is CC(C)(C)C(=O)c1cc(-c2ccc(NC(=O)c3ccc(N)cc3)cc2)c[nH]1.CC(C)(C)C(=O)c1cc(-c2ccc(NC(=O)c3ccc(N)cc3)cc2)co1.CC(C)(C)C(=O)c1ccc(-c2ccc(NC(=O)c3ccc(N)cc3)cc2)[nH]1.CC(C)(C)C(=O)c1ccc(-c2ccc(NC(=O)c3ccc(N)cc3)cc2)o1.CC(C)(C)C(=O)c1cn(-c2ccc(NC(=O)c3ccc(O)cc3)cc2)nn1. The standard InChI is InChI=1S/2C22H23N3O2.2C22H22N2O3.C20H20N4O3/c1-22(2,3)20(26)19-12-16(13-24-19)14-6-10-18(11-7-14)25-21(27)15-4-8-17(23)9-5-15;1-22(2,3)20(26)19-13-12-18(25-19)14-6-10-17(11-7-14)24-21(27)15-4-8-16(23)9-5-15;1-22(2,3)20(25)19-12-16(13-27-19)14-6-10-18(11-7-14)24-21(26)15-4-8-17(23)9-5-15;1-22(2,3)20(25)19-13-12-18(27-19)14-6-10-17(11-7-14)24-21(26)15-4-8-16(23)9-5-15;1-20(2,3)18(26)17-12-24(23-22-17)15-8-6-14(7-9-15)21-19(27)13-4-10-16(25)11-5-13/h4-13,24H,23H2,1-3H3,(H,25,27);4-13,25H,23H2,1-3H3,(H,24,27);2*4-13H,23H2,1-3H3,(H,24,26);4-12,25H,1-3H3,(H,21,27). The smallest absolute Gasteiger partial charge is 0.255 e. The number of nitrogens with one attached hydrogen (secondary N) is 7. The number of furan rings is 2. The highest BCUT2D eigenvalue weighted by molar-refractivity contribution is 6.09. The van der Waals surface area contributed by atoms with E-state index in [-0.39, 0.29) is 64.2 Å². The minimum atomic E-state index is -0.525. The van der Waals surface area contributed by atoms with Crippen LogP contribution in [0.1, 0.15) is 208 Å². The van der Waals surface area contributed by atoms with Crippen molar-refractivity contribution >= 4 is 110 Å². The number of ketones is 5. The Morgan fingerprint density at radius 3 is 1.04 bits per heavy atom. The number of hydrogen-bond acceptors (Lipinski definition) is 19. The van der Waals surface area contributed by atoms with Crippen LogP contribution in [0.5, 0.6) is 5.75 Å². The molecule has 0 fully saturated rings. The third-order valence-electron chi connectivity index (χ3n) is 20.7. The summed E-state index contributed by atoms with van der Waals surface area (Å²) in [5, 5.41) is 31.4. The molecule has 0 spiro atoms. The van der Waals surface area contributed by atoms with Gasteiger partial charge in [-0.25, -0.2) is 4.68 Å². The maximum Gasteiger partial charge on any atom is 0.255 e. The molecule has 27 heteroatoms. The van der Waals surface area contributed by atoms with E-state index in [0.717, 1.165) is 44.8 Å². The first kappa shape index (κ1) is 98.7. The fourth-order valence-corrected chi connectivity index (χ4v) is 12.8. The molecule has 0 unspecified atom stereocenters. The van der Waals surface area contributed by atoms with Gasteiger partial charge < -0.3 is 73.4 Å². The van der Waals surface area contributed by atoms with E-state index in [1.165, 1.54) is 16.8 Å². The summed E-state index contributed by atoms with van der Waals surface area (Å²) in [7, 11) is 0. The van der Waals surface area contributed by atoms with E-state index in [1.54, 1.807) is 182 Å². The van der Waals surface area contributed by atoms with Crippen molar-refractivity contribution in [2.45, 2.75) is 104 Å². The molecule has 16 N–H and O–H groups in total. The lowest BCUT2D eigenvalue weighted by Gasteiger charge is -2.15. The number of aromatic amines is 2. The van der Waals surface area contributed by atoms with Crippen LogP contribution in [0.4, 0.5) is 51.2 Å². The highest BCUT2D eigenvalue weighted by atomic mass is 16.4. The van der Waals surface area contributed by atoms with Gasteiger partial charge in [-0.05, 0) is 265 Å². The van der Waals surface area contributed by atoms with Gasteiger partial charge in [0.05, 0.1) is 29.5 Å². The lowest BCUT2D eigenvalue weighted by molar-refractivity contribution is 0.0823. The molecule has 15 aromatic rings. The molecule has 135 heavy (non-hydrogen) atoms. The average molecular weight is 1810 g/mol. The average Bonchev–Trinajstić information content (AvgIpc) is 1.72. The number of nitrogens with two attached hydrogens (primary N) is 4. The Morgan fingerprint density at radius 2 is 0.659 bits per heavy atom. The van der Waals surface area contributed by atoms with E-state index in [0.29, 0.717) is 113 Å². The van der Waals surface area contributed by atoms with Crippen LogP contribution >= 0.6 is 0 Å². The van der Waals surface area contributed by atoms with E-state index in [4.69, 9.17) is 31.8 Å². The number of aromatic hydroxyl groups is 1. The van der Waals surface area contributed by atoms with E-state index >= 15 is 0 Å². The molecule has 5 aromatic heterocycles. The third-order valence-corrected chi connectivity index (χ3v) is 20.7. The van der Waals surface area contributed by atoms with Crippen molar-refractivity contribution in [2.24, 2.45) is 27.1 Å². The number of aromatic nitrogens is 5. The first-order valence-corrected chi connectivity index (χ1v) is 43.2. The third kappa shape index (κ3) is 27.4. The van der Waals surface area contributed by atoms with Gasteiger partial charge in [0, 0.05) is 129 Å². The maximum absolute atomic E-state index is 12.4. The molecule has 0 aliphatic heterocycles. The fourth-order valence-electron chi connectivity index (χ4n) is 12.8. The van der Waals surface area contributed by atoms with Crippen LogP contribution in [0.15, 0.2) is 307 Å². The molecule has 5 amide bonds. The van der Waals surface area contributed by atoms with E-state index in [1.807, 2.05) is 207 Å². The molecule has 10 aromatic carbocycles. The maximum atomic E-state index is 12.4. The number of nitrogens with zero attached hydrogens (tertiary/aromatic N) is 3. The molecule has 0 aliphatic rings. The number of benzene rings is 10. The second-order valence-corrected chi connectivity index (χ2v) is 37.1. The van der Waals surface area contributed by atoms with Gasteiger partial charge in [-0.15, -0.1) is 5.10 Å². The Kier molecular flexibility index (Phi) is 31.0. The Labute approximate surface area is 783 Å². The van der Waals surface area contributed by atoms with Gasteiger partial charge in [-0.3, -0.25) is 47.9 Å². The lowest BCUT2D eigenvalue weighted by Crippen LogP contribution is -2.20. The van der Waals surface area contributed by atoms with Crippen LogP contribution < -0.4 is 49.5 Å². The van der Waals surface area contributed by atoms with Gasteiger partial charge in [-0.1, -0.05) is 145 Å². The Morgan fingerprint density at radius 1 is 0.326 bits per heavy atom. The highest BCUT2D eigenvalue weighted by Crippen LogP contribution is 2.34. The van der Waals surface area contributed by atoms with E-state index in [2.05, 4.69) is 46.9 Å². The molecule has 0 aliphatic carbocycles. The lowest BCUT2D eigenvalue weighted by atomic mass is 9.89. The zero-order valence-corrected chi connectivity index (χ0v) is 77.8. The first-order valence-electron chi connectivity index (χ1n) is 43.2. The second kappa shape index (κ2) is 42.4. The van der Waals surface area contributed by atoms with E-state index in [9.17, 15) is 53.1 Å². The fraction of sp³-hybridized carbons (Fsp3) is 0.185. The molecular formula is C108H110N14O13. The number of rotatable bonds is 20. The van der Waals surface area contributed by atoms with E-state index < -0.39 is 27.1 Å². The van der Waals surface area contributed by atoms with Crippen molar-refractivity contribution in [3.05, 3.63) is 354 Å². The number of carbonyl (C=O) groups excluding carboxylic acids is 10. The van der Waals surface area contributed by atoms with Crippen molar-refractivity contribution in [1.29, 1.82) is 0 Å². The van der Waals surface area contributed by atoms with Gasteiger partial charge in [0.1, 0.15) is 17.2 Å². The van der Waals surface area contributed by atoms with Gasteiger partial charge >= 0.3 is 0 Å². The summed E-state index contributed by atoms with van der Waals surface area (Å²) in [6, 6.07) is 80.3. The van der Waals surface area contributed by atoms with Crippen LogP contribution in [-0.2, 0) is 0 Å². The summed E-state index contributed by atoms with van der Waals surface area (Å²) >= 11 is 0. The summed E-state index contributed by atoms with van der Waals surface area (Å²) in [5.41, 5.74) is 37.0. The number of phenolic OH excluding ortho intramolecular Hbond substituents is 1. The molecule has 5 heterocycles. The Hall–Kier alpha value is -16.8. The minimum Gasteiger partial charge on any atom is -0.508 e. The van der Waals surface area contributed by atoms with Crippen molar-refractivity contribution in [3.63, 3.8) is 0 Å². The molecule has 0 saturated carbocycles. The van der Waals surface area contributed by atoms with Gasteiger partial charge in [0.2, 0.25) is 11.6 Å². The Balaban J connectivity index is 0.000000162. The van der Waals surface area contributed by atoms with Crippen molar-refractivity contribution < 1.29 is 61.9 Å². The van der Waals surface area contributed by atoms with Crippen molar-refractivity contribution in [3.8, 4) is 56.3 Å². The number of hydrogen-bond donors (Lipinski definition) is 12. The number of phenols is 1. The van der Waals surface area contributed by atoms with Crippen LogP contribution in [0.2, 0.25) is 0 Å². The van der Waals surface area contributed by atoms with Gasteiger partial charge in [0.15, 0.2) is 28.9 Å². The quantitative estimate of drug-likeness (QED) is 0.0249. The molecule has 690 valence electrons. The number of amides is 5. The zero-order valence-electron chi connectivity index (χ0n) is 77.8. The second-order valence-electron chi connectivity index (χ2n) is 37.1. The normalized spacial score (nSPS) is 11.2. The predicted molar refractivity (Wildman–Crippen MR) is 532 cm³/mol. The highest BCUT2D eigenvalue weighted by Gasteiger charge is 2.31. The number of carbonyl (C=O) groups is 10. The number of nitrogen functional groups attached to an aromatic ring is 4. The summed E-state index contributed by atoms with van der Waals surface area (Å²) < 4.78 is 12.7.